The Labute approximate surface area is 123 Å². The van der Waals surface area contributed by atoms with E-state index < -0.39 is 6.04 Å². The average Bonchev–Trinajstić information content (AvgIpc) is 3.13. The highest BCUT2D eigenvalue weighted by Crippen LogP contribution is 2.22. The second-order valence-electron chi connectivity index (χ2n) is 5.76. The van der Waals surface area contributed by atoms with Gasteiger partial charge in [-0.25, -0.2) is 0 Å². The summed E-state index contributed by atoms with van der Waals surface area (Å²) < 4.78 is 1.70. The zero-order valence-electron chi connectivity index (χ0n) is 12.4. The van der Waals surface area contributed by atoms with Crippen LogP contribution in [0.4, 0.5) is 5.82 Å². The van der Waals surface area contributed by atoms with Gasteiger partial charge in [0.1, 0.15) is 11.9 Å². The summed E-state index contributed by atoms with van der Waals surface area (Å²) in [5, 5.41) is 10.3. The Hall–Kier alpha value is -1.89. The van der Waals surface area contributed by atoms with Crippen LogP contribution in [0.5, 0.6) is 0 Å². The lowest BCUT2D eigenvalue weighted by Crippen LogP contribution is -2.48. The molecule has 0 aromatic carbocycles. The maximum atomic E-state index is 12.5. The Morgan fingerprint density at radius 3 is 2.90 bits per heavy atom. The smallest absolute Gasteiger partial charge is 0.250 e. The maximum absolute atomic E-state index is 12.5. The Balaban J connectivity index is 1.66. The van der Waals surface area contributed by atoms with Crippen molar-refractivity contribution in [3.05, 3.63) is 11.8 Å². The van der Waals surface area contributed by atoms with Gasteiger partial charge in [-0.05, 0) is 32.7 Å². The molecule has 3 heterocycles. The van der Waals surface area contributed by atoms with Gasteiger partial charge in [0.25, 0.3) is 5.91 Å². The number of aryl methyl sites for hydroxylation is 2. The normalized spacial score (nSPS) is 25.6. The number of hydrogen-bond acceptors (Lipinski definition) is 4. The van der Waals surface area contributed by atoms with Crippen molar-refractivity contribution >= 4 is 17.6 Å². The molecule has 2 aliphatic rings. The summed E-state index contributed by atoms with van der Waals surface area (Å²) in [7, 11) is 1.82. The van der Waals surface area contributed by atoms with Gasteiger partial charge < -0.3 is 10.6 Å². The van der Waals surface area contributed by atoms with Crippen molar-refractivity contribution in [1.29, 1.82) is 0 Å². The lowest BCUT2D eigenvalue weighted by atomic mass is 10.2. The van der Waals surface area contributed by atoms with Crippen LogP contribution in [0.2, 0.25) is 0 Å². The Morgan fingerprint density at radius 1 is 1.48 bits per heavy atom. The van der Waals surface area contributed by atoms with Crippen LogP contribution in [0.1, 0.15) is 25.0 Å². The summed E-state index contributed by atoms with van der Waals surface area (Å²) in [6.45, 7) is 3.38. The summed E-state index contributed by atoms with van der Waals surface area (Å²) in [4.78, 5) is 26.3. The molecule has 3 rings (SSSR count). The molecule has 2 atom stereocenters. The van der Waals surface area contributed by atoms with Crippen molar-refractivity contribution in [2.75, 3.05) is 18.0 Å². The van der Waals surface area contributed by atoms with Gasteiger partial charge in [-0.15, -0.1) is 0 Å². The van der Waals surface area contributed by atoms with E-state index in [1.54, 1.807) is 9.58 Å². The average molecular weight is 291 g/mol. The minimum atomic E-state index is -0.421. The van der Waals surface area contributed by atoms with Crippen molar-refractivity contribution in [1.82, 2.24) is 20.4 Å². The van der Waals surface area contributed by atoms with E-state index in [0.717, 1.165) is 30.9 Å². The molecule has 2 saturated heterocycles. The topological polar surface area (TPSA) is 79.3 Å². The van der Waals surface area contributed by atoms with Crippen molar-refractivity contribution in [2.24, 2.45) is 7.05 Å². The fourth-order valence-corrected chi connectivity index (χ4v) is 3.07. The van der Waals surface area contributed by atoms with Gasteiger partial charge >= 0.3 is 0 Å². The van der Waals surface area contributed by atoms with Gasteiger partial charge in [0.15, 0.2) is 0 Å². The minimum absolute atomic E-state index is 0.0515. The maximum Gasteiger partial charge on any atom is 0.250 e. The fourth-order valence-electron chi connectivity index (χ4n) is 3.07. The van der Waals surface area contributed by atoms with E-state index in [0.29, 0.717) is 13.0 Å². The molecule has 1 aromatic heterocycles. The highest BCUT2D eigenvalue weighted by Gasteiger charge is 2.36. The molecule has 2 fully saturated rings. The van der Waals surface area contributed by atoms with E-state index in [1.807, 2.05) is 20.0 Å². The first-order chi connectivity index (χ1) is 10.1. The van der Waals surface area contributed by atoms with Crippen molar-refractivity contribution in [3.8, 4) is 0 Å². The molecule has 2 N–H and O–H groups in total. The molecule has 0 bridgehead atoms. The second-order valence-corrected chi connectivity index (χ2v) is 5.76. The number of amides is 2. The van der Waals surface area contributed by atoms with Crippen LogP contribution in [-0.2, 0) is 16.6 Å². The van der Waals surface area contributed by atoms with E-state index in [4.69, 9.17) is 0 Å². The van der Waals surface area contributed by atoms with E-state index in [9.17, 15) is 9.59 Å². The molecule has 0 aliphatic carbocycles. The lowest BCUT2D eigenvalue weighted by Gasteiger charge is -2.18. The van der Waals surface area contributed by atoms with Crippen LogP contribution in [0.15, 0.2) is 6.07 Å². The Bertz CT molecular complexity index is 562. The standard InChI is InChI=1S/C14H21N5O2/c1-9-8-12(18(2)17-9)19-7-5-11(14(19)21)16-13(20)10-4-3-6-15-10/h8,10-11,15H,3-7H2,1-2H3,(H,16,20)/t10-,11+/m1/s1. The Morgan fingerprint density at radius 2 is 2.29 bits per heavy atom. The molecule has 0 unspecified atom stereocenters. The summed E-state index contributed by atoms with van der Waals surface area (Å²) >= 11 is 0. The SMILES string of the molecule is Cc1cc(N2CC[C@H](NC(=O)[C@H]3CCCN3)C2=O)n(C)n1. The number of rotatable bonds is 3. The summed E-state index contributed by atoms with van der Waals surface area (Å²) in [5.41, 5.74) is 0.878. The highest BCUT2D eigenvalue weighted by atomic mass is 16.2. The lowest BCUT2D eigenvalue weighted by molar-refractivity contribution is -0.127. The molecule has 1 aromatic rings. The van der Waals surface area contributed by atoms with Gasteiger partial charge in [-0.3, -0.25) is 19.2 Å². The van der Waals surface area contributed by atoms with Gasteiger partial charge in [0.05, 0.1) is 11.7 Å². The third kappa shape index (κ3) is 2.65. The quantitative estimate of drug-likeness (QED) is 0.801. The molecular formula is C14H21N5O2. The van der Waals surface area contributed by atoms with E-state index in [1.165, 1.54) is 0 Å². The number of anilines is 1. The molecule has 114 valence electrons. The van der Waals surface area contributed by atoms with Crippen LogP contribution in [0.25, 0.3) is 0 Å². The number of aromatic nitrogens is 2. The largest absolute Gasteiger partial charge is 0.343 e. The monoisotopic (exact) mass is 291 g/mol. The highest BCUT2D eigenvalue weighted by molar-refractivity contribution is 6.01. The number of carbonyl (C=O) groups is 2. The van der Waals surface area contributed by atoms with Crippen molar-refractivity contribution < 1.29 is 9.59 Å². The van der Waals surface area contributed by atoms with Gasteiger partial charge in [-0.1, -0.05) is 0 Å². The third-order valence-corrected chi connectivity index (χ3v) is 4.15. The van der Waals surface area contributed by atoms with Gasteiger partial charge in [-0.2, -0.15) is 5.10 Å². The molecule has 7 nitrogen and oxygen atoms in total. The summed E-state index contributed by atoms with van der Waals surface area (Å²) in [5.74, 6) is 0.673. The van der Waals surface area contributed by atoms with Gasteiger partial charge in [0.2, 0.25) is 5.91 Å². The number of nitrogens with zero attached hydrogens (tertiary/aromatic N) is 3. The first-order valence-electron chi connectivity index (χ1n) is 7.42. The van der Waals surface area contributed by atoms with Crippen molar-refractivity contribution in [2.45, 2.75) is 38.3 Å². The zero-order chi connectivity index (χ0) is 15.0. The number of carbonyl (C=O) groups excluding carboxylic acids is 2. The molecule has 21 heavy (non-hydrogen) atoms. The van der Waals surface area contributed by atoms with Crippen LogP contribution in [-0.4, -0.2) is 46.8 Å². The Kier molecular flexibility index (Phi) is 3.67. The van der Waals surface area contributed by atoms with Crippen LogP contribution in [0, 0.1) is 6.92 Å². The second kappa shape index (κ2) is 5.48. The molecule has 7 heteroatoms. The summed E-state index contributed by atoms with van der Waals surface area (Å²) in [6, 6.07) is 1.32. The predicted octanol–water partition coefficient (Wildman–Crippen LogP) is -0.298. The molecule has 2 amide bonds. The number of nitrogens with one attached hydrogen (secondary N) is 2. The first kappa shape index (κ1) is 14.1. The zero-order valence-corrected chi connectivity index (χ0v) is 12.4. The first-order valence-corrected chi connectivity index (χ1v) is 7.42. The third-order valence-electron chi connectivity index (χ3n) is 4.15. The predicted molar refractivity (Wildman–Crippen MR) is 77.9 cm³/mol. The minimum Gasteiger partial charge on any atom is -0.343 e. The fraction of sp³-hybridized carbons (Fsp3) is 0.643. The molecule has 0 spiro atoms. The van der Waals surface area contributed by atoms with Crippen molar-refractivity contribution in [3.63, 3.8) is 0 Å². The molecular weight excluding hydrogens is 270 g/mol. The van der Waals surface area contributed by atoms with E-state index in [-0.39, 0.29) is 17.9 Å². The van der Waals surface area contributed by atoms with Crippen LogP contribution >= 0.6 is 0 Å². The summed E-state index contributed by atoms with van der Waals surface area (Å²) in [6.07, 6.45) is 2.50. The van der Waals surface area contributed by atoms with E-state index in [2.05, 4.69) is 15.7 Å². The molecule has 0 radical (unpaired) electrons. The number of hydrogen-bond donors (Lipinski definition) is 2. The van der Waals surface area contributed by atoms with Crippen LogP contribution in [0.3, 0.4) is 0 Å². The molecule has 0 saturated carbocycles. The van der Waals surface area contributed by atoms with Crippen LogP contribution < -0.4 is 15.5 Å². The van der Waals surface area contributed by atoms with E-state index >= 15 is 0 Å². The molecule has 2 aliphatic heterocycles. The van der Waals surface area contributed by atoms with Gasteiger partial charge in [0, 0.05) is 19.7 Å².